The average molecular weight is 274 g/mol. The number of amides is 1. The van der Waals surface area contributed by atoms with E-state index in [4.69, 9.17) is 0 Å². The second-order valence-electron chi connectivity index (χ2n) is 6.05. The Morgan fingerprint density at radius 1 is 1.15 bits per heavy atom. The summed E-state index contributed by atoms with van der Waals surface area (Å²) < 4.78 is 0. The maximum atomic E-state index is 11.6. The van der Waals surface area contributed by atoms with E-state index in [9.17, 15) is 4.79 Å². The molecular formula is C17H26N2O. The molecule has 20 heavy (non-hydrogen) atoms. The molecule has 0 saturated heterocycles. The second kappa shape index (κ2) is 7.32. The first-order chi connectivity index (χ1) is 9.65. The summed E-state index contributed by atoms with van der Waals surface area (Å²) in [4.78, 5) is 13.3. The maximum Gasteiger partial charge on any atom is 0.226 e. The van der Waals surface area contributed by atoms with Gasteiger partial charge in [-0.05, 0) is 36.5 Å². The van der Waals surface area contributed by atoms with Crippen LogP contribution in [0.3, 0.4) is 0 Å². The van der Waals surface area contributed by atoms with E-state index in [1.54, 1.807) is 19.0 Å². The lowest BCUT2D eigenvalue weighted by Crippen LogP contribution is -2.23. The Morgan fingerprint density at radius 3 is 2.40 bits per heavy atom. The van der Waals surface area contributed by atoms with Gasteiger partial charge < -0.3 is 10.2 Å². The van der Waals surface area contributed by atoms with E-state index in [2.05, 4.69) is 17.4 Å². The van der Waals surface area contributed by atoms with Crippen molar-refractivity contribution >= 4 is 11.6 Å². The second-order valence-corrected chi connectivity index (χ2v) is 6.05. The molecule has 0 radical (unpaired) electrons. The van der Waals surface area contributed by atoms with Crippen LogP contribution in [-0.2, 0) is 11.2 Å². The smallest absolute Gasteiger partial charge is 0.226 e. The van der Waals surface area contributed by atoms with Crippen molar-refractivity contribution in [1.29, 1.82) is 0 Å². The van der Waals surface area contributed by atoms with Crippen LogP contribution in [0, 0.1) is 5.92 Å². The predicted molar refractivity (Wildman–Crippen MR) is 83.9 cm³/mol. The van der Waals surface area contributed by atoms with Crippen LogP contribution < -0.4 is 5.32 Å². The van der Waals surface area contributed by atoms with E-state index in [1.165, 1.54) is 32.1 Å². The number of hydrogen-bond acceptors (Lipinski definition) is 2. The first kappa shape index (κ1) is 14.9. The van der Waals surface area contributed by atoms with Gasteiger partial charge in [0.25, 0.3) is 0 Å². The van der Waals surface area contributed by atoms with Crippen LogP contribution in [0.15, 0.2) is 24.3 Å². The van der Waals surface area contributed by atoms with Crippen LogP contribution in [0.1, 0.15) is 37.7 Å². The molecule has 3 nitrogen and oxygen atoms in total. The van der Waals surface area contributed by atoms with Crippen molar-refractivity contribution in [2.75, 3.05) is 26.0 Å². The van der Waals surface area contributed by atoms with Crippen molar-refractivity contribution < 1.29 is 4.79 Å². The summed E-state index contributed by atoms with van der Waals surface area (Å²) in [5.74, 6) is 0.978. The summed E-state index contributed by atoms with van der Waals surface area (Å²) in [6.45, 7) is 1.08. The normalized spacial score (nSPS) is 15.9. The summed E-state index contributed by atoms with van der Waals surface area (Å²) in [7, 11) is 3.59. The van der Waals surface area contributed by atoms with Gasteiger partial charge in [0.15, 0.2) is 0 Å². The van der Waals surface area contributed by atoms with Gasteiger partial charge in [0.05, 0.1) is 6.42 Å². The van der Waals surface area contributed by atoms with E-state index in [0.29, 0.717) is 6.42 Å². The molecule has 0 aliphatic heterocycles. The molecule has 0 spiro atoms. The molecule has 2 rings (SSSR count). The molecule has 1 aromatic carbocycles. The predicted octanol–water partition coefficient (Wildman–Crippen LogP) is 3.31. The SMILES string of the molecule is CN(C)C(=O)Cc1ccc(NCC2CCCCC2)cc1. The largest absolute Gasteiger partial charge is 0.385 e. The van der Waals surface area contributed by atoms with Crippen LogP contribution in [0.5, 0.6) is 0 Å². The Morgan fingerprint density at radius 2 is 1.80 bits per heavy atom. The van der Waals surface area contributed by atoms with Crippen molar-refractivity contribution in [1.82, 2.24) is 4.90 Å². The lowest BCUT2D eigenvalue weighted by atomic mass is 9.89. The third-order valence-corrected chi connectivity index (χ3v) is 4.13. The van der Waals surface area contributed by atoms with Crippen LogP contribution >= 0.6 is 0 Å². The summed E-state index contributed by atoms with van der Waals surface area (Å²) in [6.07, 6.45) is 7.39. The van der Waals surface area contributed by atoms with E-state index in [-0.39, 0.29) is 5.91 Å². The Labute approximate surface area is 122 Å². The minimum atomic E-state index is 0.146. The number of anilines is 1. The van der Waals surface area contributed by atoms with Gasteiger partial charge in [-0.25, -0.2) is 0 Å². The van der Waals surface area contributed by atoms with Crippen molar-refractivity contribution in [3.05, 3.63) is 29.8 Å². The number of likely N-dealkylation sites (N-methyl/N-ethyl adjacent to an activating group) is 1. The topological polar surface area (TPSA) is 32.3 Å². The lowest BCUT2D eigenvalue weighted by molar-refractivity contribution is -0.127. The fourth-order valence-corrected chi connectivity index (χ4v) is 2.73. The third-order valence-electron chi connectivity index (χ3n) is 4.13. The number of carbonyl (C=O) groups excluding carboxylic acids is 1. The third kappa shape index (κ3) is 4.55. The molecule has 0 heterocycles. The number of rotatable bonds is 5. The standard InChI is InChI=1S/C17H26N2O/c1-19(2)17(20)12-14-8-10-16(11-9-14)18-13-15-6-4-3-5-7-15/h8-11,15,18H,3-7,12-13H2,1-2H3. The van der Waals surface area contributed by atoms with Crippen molar-refractivity contribution in [2.24, 2.45) is 5.92 Å². The molecule has 1 aromatic rings. The van der Waals surface area contributed by atoms with Crippen molar-refractivity contribution in [3.63, 3.8) is 0 Å². The zero-order chi connectivity index (χ0) is 14.4. The highest BCUT2D eigenvalue weighted by Gasteiger charge is 2.12. The van der Waals surface area contributed by atoms with Gasteiger partial charge in [0.1, 0.15) is 0 Å². The van der Waals surface area contributed by atoms with Gasteiger partial charge in [-0.1, -0.05) is 31.4 Å². The number of hydrogen-bond donors (Lipinski definition) is 1. The quantitative estimate of drug-likeness (QED) is 0.893. The van der Waals surface area contributed by atoms with Gasteiger partial charge in [0, 0.05) is 26.3 Å². The van der Waals surface area contributed by atoms with E-state index < -0.39 is 0 Å². The molecule has 0 bridgehead atoms. The Bertz CT molecular complexity index is 419. The highest BCUT2D eigenvalue weighted by Crippen LogP contribution is 2.24. The highest BCUT2D eigenvalue weighted by molar-refractivity contribution is 5.78. The summed E-state index contributed by atoms with van der Waals surface area (Å²) >= 11 is 0. The summed E-state index contributed by atoms with van der Waals surface area (Å²) in [6, 6.07) is 8.26. The molecule has 1 saturated carbocycles. The average Bonchev–Trinajstić information content (AvgIpc) is 2.47. The number of nitrogens with one attached hydrogen (secondary N) is 1. The van der Waals surface area contributed by atoms with Crippen LogP contribution in [0.25, 0.3) is 0 Å². The first-order valence-electron chi connectivity index (χ1n) is 7.68. The van der Waals surface area contributed by atoms with Gasteiger partial charge >= 0.3 is 0 Å². The van der Waals surface area contributed by atoms with Gasteiger partial charge in [-0.3, -0.25) is 4.79 Å². The molecule has 1 N–H and O–H groups in total. The molecule has 3 heteroatoms. The van der Waals surface area contributed by atoms with Gasteiger partial charge in [-0.2, -0.15) is 0 Å². The summed E-state index contributed by atoms with van der Waals surface area (Å²) in [5.41, 5.74) is 2.24. The molecule has 110 valence electrons. The highest BCUT2D eigenvalue weighted by atomic mass is 16.2. The molecule has 1 fully saturated rings. The molecule has 1 aliphatic rings. The minimum Gasteiger partial charge on any atom is -0.385 e. The fraction of sp³-hybridized carbons (Fsp3) is 0.588. The molecule has 0 aromatic heterocycles. The van der Waals surface area contributed by atoms with Gasteiger partial charge in [0.2, 0.25) is 5.91 Å². The monoisotopic (exact) mass is 274 g/mol. The van der Waals surface area contributed by atoms with Crippen LogP contribution in [-0.4, -0.2) is 31.4 Å². The molecule has 0 atom stereocenters. The van der Waals surface area contributed by atoms with Crippen molar-refractivity contribution in [3.8, 4) is 0 Å². The minimum absolute atomic E-state index is 0.146. The lowest BCUT2D eigenvalue weighted by Gasteiger charge is -2.22. The van der Waals surface area contributed by atoms with Crippen molar-refractivity contribution in [2.45, 2.75) is 38.5 Å². The first-order valence-corrected chi connectivity index (χ1v) is 7.68. The zero-order valence-electron chi connectivity index (χ0n) is 12.7. The molecular weight excluding hydrogens is 248 g/mol. The number of benzene rings is 1. The number of nitrogens with zero attached hydrogens (tertiary/aromatic N) is 1. The Hall–Kier alpha value is -1.51. The van der Waals surface area contributed by atoms with Gasteiger partial charge in [-0.15, -0.1) is 0 Å². The molecule has 1 amide bonds. The van der Waals surface area contributed by atoms with E-state index in [0.717, 1.165) is 23.7 Å². The molecule has 1 aliphatic carbocycles. The number of carbonyl (C=O) groups is 1. The van der Waals surface area contributed by atoms with Crippen LogP contribution in [0.2, 0.25) is 0 Å². The van der Waals surface area contributed by atoms with E-state index >= 15 is 0 Å². The fourth-order valence-electron chi connectivity index (χ4n) is 2.73. The zero-order valence-corrected chi connectivity index (χ0v) is 12.7. The molecule has 0 unspecified atom stereocenters. The Balaban J connectivity index is 1.80. The Kier molecular flexibility index (Phi) is 5.45. The van der Waals surface area contributed by atoms with Crippen LogP contribution in [0.4, 0.5) is 5.69 Å². The summed E-state index contributed by atoms with van der Waals surface area (Å²) in [5, 5.41) is 3.52. The maximum absolute atomic E-state index is 11.6. The van der Waals surface area contributed by atoms with E-state index in [1.807, 2.05) is 12.1 Å².